The third kappa shape index (κ3) is 5.10. The summed E-state index contributed by atoms with van der Waals surface area (Å²) in [6.07, 6.45) is 2.94. The first-order valence-electron chi connectivity index (χ1n) is 5.84. The molecule has 2 heteroatoms. The molecule has 88 valence electrons. The van der Waals surface area contributed by atoms with Gasteiger partial charge in [-0.25, -0.2) is 0 Å². The molecule has 0 radical (unpaired) electrons. The Morgan fingerprint density at radius 2 is 1.94 bits per heavy atom. The van der Waals surface area contributed by atoms with E-state index in [0.29, 0.717) is 13.2 Å². The second-order valence-corrected chi connectivity index (χ2v) is 3.80. The van der Waals surface area contributed by atoms with E-state index in [0.717, 1.165) is 13.1 Å². The highest BCUT2D eigenvalue weighted by Crippen LogP contribution is 2.05. The zero-order chi connectivity index (χ0) is 11.6. The molecule has 1 N–H and O–H groups in total. The van der Waals surface area contributed by atoms with Crippen LogP contribution >= 0.6 is 0 Å². The molecule has 0 saturated carbocycles. The molecule has 16 heavy (non-hydrogen) atoms. The zero-order valence-electron chi connectivity index (χ0n) is 10.0. The second kappa shape index (κ2) is 8.08. The van der Waals surface area contributed by atoms with Crippen molar-refractivity contribution in [3.63, 3.8) is 0 Å². The van der Waals surface area contributed by atoms with Crippen molar-refractivity contribution in [2.24, 2.45) is 0 Å². The van der Waals surface area contributed by atoms with E-state index in [4.69, 9.17) is 4.74 Å². The third-order valence-corrected chi connectivity index (χ3v) is 2.28. The van der Waals surface area contributed by atoms with Crippen LogP contribution in [0.15, 0.2) is 36.9 Å². The highest BCUT2D eigenvalue weighted by atomic mass is 16.5. The van der Waals surface area contributed by atoms with E-state index in [9.17, 15) is 0 Å². The van der Waals surface area contributed by atoms with Crippen molar-refractivity contribution >= 4 is 0 Å². The zero-order valence-corrected chi connectivity index (χ0v) is 10.0. The molecule has 0 aliphatic heterocycles. The minimum atomic E-state index is 0.611. The number of rotatable bonds is 8. The predicted molar refractivity (Wildman–Crippen MR) is 68.3 cm³/mol. The minimum Gasteiger partial charge on any atom is -0.373 e. The van der Waals surface area contributed by atoms with Crippen molar-refractivity contribution in [1.29, 1.82) is 0 Å². The average Bonchev–Trinajstić information content (AvgIpc) is 2.32. The van der Waals surface area contributed by atoms with Crippen LogP contribution in [0, 0.1) is 0 Å². The Labute approximate surface area is 98.3 Å². The molecule has 0 saturated heterocycles. The van der Waals surface area contributed by atoms with Gasteiger partial charge in [-0.15, -0.1) is 6.58 Å². The second-order valence-electron chi connectivity index (χ2n) is 3.80. The first-order valence-corrected chi connectivity index (χ1v) is 5.84. The van der Waals surface area contributed by atoms with Gasteiger partial charge < -0.3 is 10.1 Å². The normalized spacial score (nSPS) is 10.3. The first-order chi connectivity index (χ1) is 7.86. The SMILES string of the molecule is C=CCOCc1ccc(CNCCC)cc1. The van der Waals surface area contributed by atoms with Crippen molar-refractivity contribution in [2.45, 2.75) is 26.5 Å². The van der Waals surface area contributed by atoms with Crippen molar-refractivity contribution in [2.75, 3.05) is 13.2 Å². The Hall–Kier alpha value is -1.12. The fourth-order valence-electron chi connectivity index (χ4n) is 1.42. The molecule has 0 spiro atoms. The Bertz CT molecular complexity index is 292. The lowest BCUT2D eigenvalue weighted by molar-refractivity contribution is 0.149. The molecule has 0 bridgehead atoms. The molecule has 0 aliphatic carbocycles. The largest absolute Gasteiger partial charge is 0.373 e. The van der Waals surface area contributed by atoms with E-state index in [2.05, 4.69) is 43.1 Å². The lowest BCUT2D eigenvalue weighted by Gasteiger charge is -2.05. The Morgan fingerprint density at radius 3 is 2.56 bits per heavy atom. The average molecular weight is 219 g/mol. The molecule has 0 unspecified atom stereocenters. The first kappa shape index (κ1) is 12.9. The van der Waals surface area contributed by atoms with Crippen molar-refractivity contribution in [3.8, 4) is 0 Å². The summed E-state index contributed by atoms with van der Waals surface area (Å²) in [5.41, 5.74) is 2.53. The van der Waals surface area contributed by atoms with Crippen molar-refractivity contribution < 1.29 is 4.74 Å². The maximum absolute atomic E-state index is 5.37. The van der Waals surface area contributed by atoms with Gasteiger partial charge >= 0.3 is 0 Å². The molecular weight excluding hydrogens is 198 g/mol. The van der Waals surface area contributed by atoms with Crippen LogP contribution in [-0.2, 0) is 17.9 Å². The van der Waals surface area contributed by atoms with E-state index in [1.807, 2.05) is 0 Å². The number of ether oxygens (including phenoxy) is 1. The molecule has 0 amide bonds. The molecular formula is C14H21NO. The monoisotopic (exact) mass is 219 g/mol. The van der Waals surface area contributed by atoms with Gasteiger partial charge in [-0.3, -0.25) is 0 Å². The van der Waals surface area contributed by atoms with Gasteiger partial charge in [0.1, 0.15) is 0 Å². The molecule has 2 nitrogen and oxygen atoms in total. The highest BCUT2D eigenvalue weighted by Gasteiger charge is 1.94. The van der Waals surface area contributed by atoms with Crippen LogP contribution in [0.5, 0.6) is 0 Å². The van der Waals surface area contributed by atoms with Gasteiger partial charge in [0.25, 0.3) is 0 Å². The fourth-order valence-corrected chi connectivity index (χ4v) is 1.42. The Kier molecular flexibility index (Phi) is 6.54. The number of hydrogen-bond acceptors (Lipinski definition) is 2. The summed E-state index contributed by atoms with van der Waals surface area (Å²) >= 11 is 0. The van der Waals surface area contributed by atoms with Gasteiger partial charge in [-0.1, -0.05) is 37.3 Å². The van der Waals surface area contributed by atoms with Gasteiger partial charge in [0, 0.05) is 6.54 Å². The number of nitrogens with one attached hydrogen (secondary N) is 1. The van der Waals surface area contributed by atoms with Gasteiger partial charge in [0.05, 0.1) is 13.2 Å². The molecule has 0 heterocycles. The standard InChI is InChI=1S/C14H21NO/c1-3-9-15-11-13-5-7-14(8-6-13)12-16-10-4-2/h4-8,15H,2-3,9-12H2,1H3. The van der Waals surface area contributed by atoms with Crippen LogP contribution < -0.4 is 5.32 Å². The topological polar surface area (TPSA) is 21.3 Å². The van der Waals surface area contributed by atoms with Crippen LogP contribution in [0.3, 0.4) is 0 Å². The summed E-state index contributed by atoms with van der Waals surface area (Å²) in [6, 6.07) is 8.53. The molecule has 1 aromatic rings. The van der Waals surface area contributed by atoms with Crippen LogP contribution in [-0.4, -0.2) is 13.2 Å². The van der Waals surface area contributed by atoms with Crippen molar-refractivity contribution in [1.82, 2.24) is 5.32 Å². The van der Waals surface area contributed by atoms with E-state index in [-0.39, 0.29) is 0 Å². The van der Waals surface area contributed by atoms with Crippen LogP contribution in [0.4, 0.5) is 0 Å². The molecule has 0 fully saturated rings. The van der Waals surface area contributed by atoms with E-state index >= 15 is 0 Å². The maximum Gasteiger partial charge on any atom is 0.0721 e. The molecule has 0 aliphatic rings. The lowest BCUT2D eigenvalue weighted by atomic mass is 10.1. The maximum atomic E-state index is 5.37. The summed E-state index contributed by atoms with van der Waals surface area (Å²) in [5.74, 6) is 0. The van der Waals surface area contributed by atoms with Crippen LogP contribution in [0.1, 0.15) is 24.5 Å². The Balaban J connectivity index is 2.32. The molecule has 0 atom stereocenters. The quantitative estimate of drug-likeness (QED) is 0.536. The van der Waals surface area contributed by atoms with Gasteiger partial charge in [0.15, 0.2) is 0 Å². The molecule has 0 aromatic heterocycles. The van der Waals surface area contributed by atoms with Gasteiger partial charge in [0.2, 0.25) is 0 Å². The summed E-state index contributed by atoms with van der Waals surface area (Å²) in [6.45, 7) is 9.08. The lowest BCUT2D eigenvalue weighted by Crippen LogP contribution is -2.13. The third-order valence-electron chi connectivity index (χ3n) is 2.28. The summed E-state index contributed by atoms with van der Waals surface area (Å²) in [7, 11) is 0. The van der Waals surface area contributed by atoms with Crippen LogP contribution in [0.2, 0.25) is 0 Å². The summed E-state index contributed by atoms with van der Waals surface area (Å²) in [5, 5.41) is 3.38. The van der Waals surface area contributed by atoms with Gasteiger partial charge in [-0.05, 0) is 24.1 Å². The minimum absolute atomic E-state index is 0.611. The molecule has 1 aromatic carbocycles. The van der Waals surface area contributed by atoms with E-state index < -0.39 is 0 Å². The molecule has 1 rings (SSSR count). The van der Waals surface area contributed by atoms with E-state index in [1.165, 1.54) is 17.5 Å². The number of benzene rings is 1. The predicted octanol–water partition coefficient (Wildman–Crippen LogP) is 2.89. The van der Waals surface area contributed by atoms with Crippen molar-refractivity contribution in [3.05, 3.63) is 48.0 Å². The van der Waals surface area contributed by atoms with Gasteiger partial charge in [-0.2, -0.15) is 0 Å². The van der Waals surface area contributed by atoms with E-state index in [1.54, 1.807) is 6.08 Å². The smallest absolute Gasteiger partial charge is 0.0721 e. The highest BCUT2D eigenvalue weighted by molar-refractivity contribution is 5.21. The van der Waals surface area contributed by atoms with Crippen LogP contribution in [0.25, 0.3) is 0 Å². The fraction of sp³-hybridized carbons (Fsp3) is 0.429. The number of hydrogen-bond donors (Lipinski definition) is 1. The summed E-state index contributed by atoms with van der Waals surface area (Å²) < 4.78 is 5.37. The summed E-state index contributed by atoms with van der Waals surface area (Å²) in [4.78, 5) is 0. The Morgan fingerprint density at radius 1 is 1.25 bits per heavy atom.